The topological polar surface area (TPSA) is 55.4 Å². The van der Waals surface area contributed by atoms with Crippen molar-refractivity contribution >= 4 is 10.0 Å². The van der Waals surface area contributed by atoms with Gasteiger partial charge in [-0.15, -0.1) is 0 Å². The van der Waals surface area contributed by atoms with Crippen LogP contribution in [-0.2, 0) is 10.0 Å². The number of methoxy groups -OCH3 is 1. The highest BCUT2D eigenvalue weighted by atomic mass is 32.2. The summed E-state index contributed by atoms with van der Waals surface area (Å²) in [6.07, 6.45) is 0. The molecule has 5 heteroatoms. The Morgan fingerprint density at radius 2 is 1.58 bits per heavy atom. The van der Waals surface area contributed by atoms with Crippen molar-refractivity contribution in [1.82, 2.24) is 4.72 Å². The van der Waals surface area contributed by atoms with Crippen LogP contribution in [0.15, 0.2) is 35.2 Å². The van der Waals surface area contributed by atoms with Gasteiger partial charge in [-0.1, -0.05) is 18.2 Å². The minimum Gasteiger partial charge on any atom is -0.495 e. The van der Waals surface area contributed by atoms with Crippen molar-refractivity contribution in [3.05, 3.63) is 58.1 Å². The van der Waals surface area contributed by atoms with E-state index in [2.05, 4.69) is 17.7 Å². The highest BCUT2D eigenvalue weighted by Gasteiger charge is 2.23. The van der Waals surface area contributed by atoms with Gasteiger partial charge in [0.15, 0.2) is 0 Å². The largest absolute Gasteiger partial charge is 0.495 e. The maximum absolute atomic E-state index is 12.8. The number of benzene rings is 2. The molecule has 0 saturated carbocycles. The fraction of sp³-hybridized carbons (Fsp3) is 0.368. The molecule has 0 radical (unpaired) electrons. The van der Waals surface area contributed by atoms with E-state index in [9.17, 15) is 8.42 Å². The summed E-state index contributed by atoms with van der Waals surface area (Å²) in [5.74, 6) is 0.345. The monoisotopic (exact) mass is 347 g/mol. The van der Waals surface area contributed by atoms with Gasteiger partial charge < -0.3 is 4.74 Å². The fourth-order valence-electron chi connectivity index (χ4n) is 2.80. The van der Waals surface area contributed by atoms with Gasteiger partial charge in [0.2, 0.25) is 10.0 Å². The number of hydrogen-bond acceptors (Lipinski definition) is 3. The molecule has 0 spiro atoms. The Labute approximate surface area is 144 Å². The highest BCUT2D eigenvalue weighted by molar-refractivity contribution is 7.89. The summed E-state index contributed by atoms with van der Waals surface area (Å²) in [5.41, 5.74) is 5.27. The molecule has 0 bridgehead atoms. The van der Waals surface area contributed by atoms with Gasteiger partial charge in [-0.2, -0.15) is 0 Å². The second-order valence-electron chi connectivity index (χ2n) is 6.29. The van der Waals surface area contributed by atoms with Crippen molar-refractivity contribution in [3.8, 4) is 5.75 Å². The number of ether oxygens (including phenoxy) is 1. The molecule has 0 saturated heterocycles. The molecule has 0 heterocycles. The Balaban J connectivity index is 2.39. The van der Waals surface area contributed by atoms with Crippen LogP contribution in [0.5, 0.6) is 5.75 Å². The number of aryl methyl sites for hydroxylation is 4. The number of hydrogen-bond donors (Lipinski definition) is 1. The van der Waals surface area contributed by atoms with Crippen LogP contribution in [0.2, 0.25) is 0 Å². The van der Waals surface area contributed by atoms with Crippen molar-refractivity contribution < 1.29 is 13.2 Å². The van der Waals surface area contributed by atoms with Gasteiger partial charge in [0.25, 0.3) is 0 Å². The molecule has 2 aromatic carbocycles. The number of rotatable bonds is 5. The van der Waals surface area contributed by atoms with Crippen LogP contribution in [0, 0.1) is 27.7 Å². The zero-order valence-corrected chi connectivity index (χ0v) is 15.9. The van der Waals surface area contributed by atoms with Crippen LogP contribution >= 0.6 is 0 Å². The minimum absolute atomic E-state index is 0.165. The summed E-state index contributed by atoms with van der Waals surface area (Å²) in [6.45, 7) is 9.80. The second kappa shape index (κ2) is 6.95. The van der Waals surface area contributed by atoms with E-state index in [0.717, 1.165) is 22.3 Å². The lowest BCUT2D eigenvalue weighted by Crippen LogP contribution is -2.28. The van der Waals surface area contributed by atoms with Crippen LogP contribution in [-0.4, -0.2) is 15.5 Å². The normalized spacial score (nSPS) is 12.9. The van der Waals surface area contributed by atoms with Crippen LogP contribution in [0.1, 0.15) is 40.8 Å². The predicted octanol–water partition coefficient (Wildman–Crippen LogP) is 3.97. The average Bonchev–Trinajstić information content (AvgIpc) is 2.50. The maximum Gasteiger partial charge on any atom is 0.244 e. The molecule has 1 N–H and O–H groups in total. The molecular weight excluding hydrogens is 322 g/mol. The lowest BCUT2D eigenvalue weighted by atomic mass is 9.97. The summed E-state index contributed by atoms with van der Waals surface area (Å²) in [5, 5.41) is 0. The first-order valence-corrected chi connectivity index (χ1v) is 9.38. The molecule has 0 aromatic heterocycles. The van der Waals surface area contributed by atoms with Crippen molar-refractivity contribution in [2.75, 3.05) is 7.11 Å². The molecule has 0 aliphatic rings. The molecule has 130 valence electrons. The van der Waals surface area contributed by atoms with Gasteiger partial charge in [-0.25, -0.2) is 13.1 Å². The summed E-state index contributed by atoms with van der Waals surface area (Å²) < 4.78 is 33.6. The van der Waals surface area contributed by atoms with Gasteiger partial charge in [0.05, 0.1) is 7.11 Å². The highest BCUT2D eigenvalue weighted by Crippen LogP contribution is 2.28. The summed E-state index contributed by atoms with van der Waals surface area (Å²) >= 11 is 0. The van der Waals surface area contributed by atoms with Gasteiger partial charge in [-0.05, 0) is 74.6 Å². The molecule has 2 rings (SSSR count). The van der Waals surface area contributed by atoms with Gasteiger partial charge in [-0.3, -0.25) is 0 Å². The van der Waals surface area contributed by atoms with Crippen LogP contribution in [0.25, 0.3) is 0 Å². The quantitative estimate of drug-likeness (QED) is 0.890. The van der Waals surface area contributed by atoms with E-state index >= 15 is 0 Å². The lowest BCUT2D eigenvalue weighted by Gasteiger charge is -2.19. The minimum atomic E-state index is -3.69. The molecule has 0 fully saturated rings. The first-order valence-electron chi connectivity index (χ1n) is 7.90. The molecular formula is C19H25NO3S. The lowest BCUT2D eigenvalue weighted by molar-refractivity contribution is 0.402. The zero-order chi connectivity index (χ0) is 18.1. The van der Waals surface area contributed by atoms with E-state index < -0.39 is 10.0 Å². The molecule has 0 unspecified atom stereocenters. The van der Waals surface area contributed by atoms with Crippen LogP contribution in [0.3, 0.4) is 0 Å². The first kappa shape index (κ1) is 18.5. The van der Waals surface area contributed by atoms with E-state index in [1.165, 1.54) is 12.7 Å². The smallest absolute Gasteiger partial charge is 0.244 e. The third-order valence-electron chi connectivity index (χ3n) is 4.29. The first-order chi connectivity index (χ1) is 11.2. The second-order valence-corrected chi connectivity index (χ2v) is 7.97. The van der Waals surface area contributed by atoms with Crippen molar-refractivity contribution in [1.29, 1.82) is 0 Å². The Hall–Kier alpha value is -1.85. The zero-order valence-electron chi connectivity index (χ0n) is 15.1. The van der Waals surface area contributed by atoms with Crippen molar-refractivity contribution in [3.63, 3.8) is 0 Å². The third kappa shape index (κ3) is 3.79. The predicted molar refractivity (Wildman–Crippen MR) is 97.1 cm³/mol. The van der Waals surface area contributed by atoms with Gasteiger partial charge >= 0.3 is 0 Å². The van der Waals surface area contributed by atoms with Crippen molar-refractivity contribution in [2.45, 2.75) is 45.6 Å². The molecule has 0 aliphatic heterocycles. The van der Waals surface area contributed by atoms with Gasteiger partial charge in [0, 0.05) is 6.04 Å². The Kier molecular flexibility index (Phi) is 5.35. The van der Waals surface area contributed by atoms with Gasteiger partial charge in [0.1, 0.15) is 10.6 Å². The average molecular weight is 347 g/mol. The Bertz CT molecular complexity index is 857. The molecule has 24 heavy (non-hydrogen) atoms. The van der Waals surface area contributed by atoms with E-state index in [1.807, 2.05) is 39.8 Å². The van der Waals surface area contributed by atoms with Crippen LogP contribution < -0.4 is 9.46 Å². The molecule has 2 aromatic rings. The standard InChI is InChI=1S/C19H25NO3S/c1-12-7-8-18(23-6)19(9-12)24(21,22)20-16(5)17-11-14(3)13(2)10-15(17)4/h7-11,16,20H,1-6H3/t16-/m1/s1. The third-order valence-corrected chi connectivity index (χ3v) is 5.85. The molecule has 0 amide bonds. The van der Waals surface area contributed by atoms with E-state index in [-0.39, 0.29) is 10.9 Å². The van der Waals surface area contributed by atoms with Crippen molar-refractivity contribution in [2.24, 2.45) is 0 Å². The van der Waals surface area contributed by atoms with E-state index in [0.29, 0.717) is 5.75 Å². The van der Waals surface area contributed by atoms with Crippen LogP contribution in [0.4, 0.5) is 0 Å². The summed E-state index contributed by atoms with van der Waals surface area (Å²) in [4.78, 5) is 0.165. The number of nitrogens with one attached hydrogen (secondary N) is 1. The summed E-state index contributed by atoms with van der Waals surface area (Å²) in [6, 6.07) is 8.93. The Morgan fingerprint density at radius 3 is 2.21 bits per heavy atom. The number of sulfonamides is 1. The van der Waals surface area contributed by atoms with E-state index in [4.69, 9.17) is 4.74 Å². The Morgan fingerprint density at radius 1 is 0.958 bits per heavy atom. The van der Waals surface area contributed by atoms with E-state index in [1.54, 1.807) is 12.1 Å². The molecule has 1 atom stereocenters. The fourth-order valence-corrected chi connectivity index (χ4v) is 4.28. The summed E-state index contributed by atoms with van der Waals surface area (Å²) in [7, 11) is -2.21. The maximum atomic E-state index is 12.8. The molecule has 0 aliphatic carbocycles. The molecule has 4 nitrogen and oxygen atoms in total. The SMILES string of the molecule is COc1ccc(C)cc1S(=O)(=O)N[C@H](C)c1cc(C)c(C)cc1C.